The van der Waals surface area contributed by atoms with Crippen molar-refractivity contribution in [3.05, 3.63) is 39.3 Å². The molecule has 0 saturated heterocycles. The molecule has 0 radical (unpaired) electrons. The minimum Gasteiger partial charge on any atom is -0.337 e. The minimum absolute atomic E-state index is 0.145. The lowest BCUT2D eigenvalue weighted by atomic mass is 10.1. The van der Waals surface area contributed by atoms with E-state index in [1.807, 2.05) is 29.2 Å². The average molecular weight is 359 g/mol. The summed E-state index contributed by atoms with van der Waals surface area (Å²) in [5.41, 5.74) is 3.23. The molecular weight excluding hydrogens is 342 g/mol. The summed E-state index contributed by atoms with van der Waals surface area (Å²) in [5, 5.41) is 11.1. The van der Waals surface area contributed by atoms with Crippen LogP contribution < -0.4 is 0 Å². The van der Waals surface area contributed by atoms with Gasteiger partial charge in [-0.25, -0.2) is 4.98 Å². The minimum atomic E-state index is 0.145. The number of thiophene rings is 1. The average Bonchev–Trinajstić information content (AvgIpc) is 3.18. The van der Waals surface area contributed by atoms with Gasteiger partial charge in [0, 0.05) is 29.4 Å². The molecule has 1 aliphatic heterocycles. The van der Waals surface area contributed by atoms with Crippen LogP contribution in [0, 0.1) is 13.8 Å². The van der Waals surface area contributed by atoms with Gasteiger partial charge in [-0.15, -0.1) is 21.5 Å². The van der Waals surface area contributed by atoms with Crippen molar-refractivity contribution in [1.82, 2.24) is 24.5 Å². The fourth-order valence-electron chi connectivity index (χ4n) is 2.97. The molecule has 4 heterocycles. The Bertz CT molecular complexity index is 916. The smallest absolute Gasteiger partial charge is 0.256 e. The maximum Gasteiger partial charge on any atom is 0.256 e. The first-order valence-corrected chi connectivity index (χ1v) is 9.63. The maximum atomic E-state index is 12.5. The molecule has 6 nitrogen and oxygen atoms in total. The van der Waals surface area contributed by atoms with E-state index in [1.165, 1.54) is 22.2 Å². The van der Waals surface area contributed by atoms with E-state index in [9.17, 15) is 4.79 Å². The summed E-state index contributed by atoms with van der Waals surface area (Å²) in [6, 6.07) is 4.11. The van der Waals surface area contributed by atoms with E-state index < -0.39 is 0 Å². The Balaban J connectivity index is 1.47. The molecule has 0 aromatic carbocycles. The molecule has 0 fully saturated rings. The van der Waals surface area contributed by atoms with E-state index in [4.69, 9.17) is 0 Å². The molecule has 0 bridgehead atoms. The number of nitrogens with zero attached hydrogens (tertiary/aromatic N) is 5. The zero-order valence-corrected chi connectivity index (χ0v) is 15.2. The number of rotatable bonds is 3. The summed E-state index contributed by atoms with van der Waals surface area (Å²) in [4.78, 5) is 20.3. The van der Waals surface area contributed by atoms with Gasteiger partial charge in [-0.1, -0.05) is 11.8 Å². The van der Waals surface area contributed by atoms with Crippen molar-refractivity contribution in [2.75, 3.05) is 12.3 Å². The zero-order chi connectivity index (χ0) is 16.7. The van der Waals surface area contributed by atoms with Gasteiger partial charge in [-0.05, 0) is 43.3 Å². The van der Waals surface area contributed by atoms with Crippen LogP contribution in [0.1, 0.15) is 21.8 Å². The maximum absolute atomic E-state index is 12.5. The second-order valence-corrected chi connectivity index (χ2v) is 7.82. The van der Waals surface area contributed by atoms with Crippen molar-refractivity contribution in [3.63, 3.8) is 0 Å². The van der Waals surface area contributed by atoms with Crippen LogP contribution in [-0.4, -0.2) is 42.7 Å². The molecular formula is C16H17N5OS2. The Morgan fingerprint density at radius 2 is 2.25 bits per heavy atom. The first kappa shape index (κ1) is 15.6. The molecule has 8 heteroatoms. The molecule has 0 saturated carbocycles. The molecule has 24 heavy (non-hydrogen) atoms. The Kier molecular flexibility index (Phi) is 4.01. The van der Waals surface area contributed by atoms with E-state index in [2.05, 4.69) is 26.6 Å². The number of hydrogen-bond acceptors (Lipinski definition) is 6. The fourth-order valence-corrected chi connectivity index (χ4v) is 4.75. The van der Waals surface area contributed by atoms with Gasteiger partial charge in [-0.3, -0.25) is 9.20 Å². The first-order chi connectivity index (χ1) is 11.6. The van der Waals surface area contributed by atoms with Crippen LogP contribution >= 0.6 is 23.1 Å². The number of aromatic nitrogens is 4. The molecule has 0 N–H and O–H groups in total. The summed E-state index contributed by atoms with van der Waals surface area (Å²) >= 11 is 3.21. The van der Waals surface area contributed by atoms with Gasteiger partial charge in [0.05, 0.1) is 5.75 Å². The highest BCUT2D eigenvalue weighted by Crippen LogP contribution is 2.25. The second-order valence-electron chi connectivity index (χ2n) is 5.88. The largest absolute Gasteiger partial charge is 0.337 e. The normalized spacial score (nSPS) is 14.2. The van der Waals surface area contributed by atoms with E-state index >= 15 is 0 Å². The van der Waals surface area contributed by atoms with Gasteiger partial charge in [0.2, 0.25) is 5.91 Å². The van der Waals surface area contributed by atoms with E-state index in [0.29, 0.717) is 11.5 Å². The third kappa shape index (κ3) is 2.80. The van der Waals surface area contributed by atoms with Crippen LogP contribution in [0.5, 0.6) is 0 Å². The molecule has 1 amide bonds. The van der Waals surface area contributed by atoms with Crippen molar-refractivity contribution >= 4 is 34.8 Å². The highest BCUT2D eigenvalue weighted by Gasteiger charge is 2.22. The lowest BCUT2D eigenvalue weighted by Gasteiger charge is -2.26. The molecule has 3 aromatic heterocycles. The quantitative estimate of drug-likeness (QED) is 0.672. The molecule has 0 unspecified atom stereocenters. The number of hydrogen-bond donors (Lipinski definition) is 0. The Morgan fingerprint density at radius 1 is 1.38 bits per heavy atom. The number of thioether (sulfide) groups is 1. The van der Waals surface area contributed by atoms with E-state index in [1.54, 1.807) is 11.3 Å². The highest BCUT2D eigenvalue weighted by molar-refractivity contribution is 7.99. The Morgan fingerprint density at radius 3 is 3.12 bits per heavy atom. The van der Waals surface area contributed by atoms with Crippen molar-refractivity contribution < 1.29 is 4.79 Å². The molecule has 0 spiro atoms. The predicted molar refractivity (Wildman–Crippen MR) is 94.4 cm³/mol. The van der Waals surface area contributed by atoms with Crippen LogP contribution in [0.4, 0.5) is 0 Å². The topological polar surface area (TPSA) is 63.4 Å². The SMILES string of the molecule is Cc1cc(C)n2c(SCC(=O)N3CCc4sccc4C3)nnc2n1. The Labute approximate surface area is 147 Å². The summed E-state index contributed by atoms with van der Waals surface area (Å²) in [5.74, 6) is 1.10. The molecule has 0 aliphatic carbocycles. The molecule has 4 rings (SSSR count). The third-order valence-corrected chi connectivity index (χ3v) is 6.08. The van der Waals surface area contributed by atoms with E-state index in [0.717, 1.165) is 36.1 Å². The first-order valence-electron chi connectivity index (χ1n) is 7.77. The number of fused-ring (bicyclic) bond motifs is 2. The molecule has 3 aromatic rings. The number of carbonyl (C=O) groups is 1. The standard InChI is InChI=1S/C16H17N5OS2/c1-10-7-11(2)21-15(17-10)18-19-16(21)24-9-14(22)20-5-3-13-12(8-20)4-6-23-13/h4,6-7H,3,5,8-9H2,1-2H3. The van der Waals surface area contributed by atoms with Gasteiger partial charge in [0.1, 0.15) is 0 Å². The summed E-state index contributed by atoms with van der Waals surface area (Å²) < 4.78 is 1.90. The molecule has 124 valence electrons. The van der Waals surface area contributed by atoms with Crippen LogP contribution in [-0.2, 0) is 17.8 Å². The van der Waals surface area contributed by atoms with Gasteiger partial charge < -0.3 is 4.90 Å². The molecule has 0 atom stereocenters. The summed E-state index contributed by atoms with van der Waals surface area (Å²) in [6.45, 7) is 5.46. The van der Waals surface area contributed by atoms with Crippen molar-refractivity contribution in [3.8, 4) is 0 Å². The van der Waals surface area contributed by atoms with Crippen molar-refractivity contribution in [2.24, 2.45) is 0 Å². The van der Waals surface area contributed by atoms with Crippen LogP contribution in [0.3, 0.4) is 0 Å². The van der Waals surface area contributed by atoms with Crippen molar-refractivity contribution in [1.29, 1.82) is 0 Å². The summed E-state index contributed by atoms with van der Waals surface area (Å²) in [7, 11) is 0. The fraction of sp³-hybridized carbons (Fsp3) is 0.375. The lowest BCUT2D eigenvalue weighted by Crippen LogP contribution is -2.36. The van der Waals surface area contributed by atoms with Gasteiger partial charge in [0.25, 0.3) is 5.78 Å². The number of aryl methyl sites for hydroxylation is 2. The Hall–Kier alpha value is -1.93. The van der Waals surface area contributed by atoms with Crippen LogP contribution in [0.2, 0.25) is 0 Å². The third-order valence-electron chi connectivity index (χ3n) is 4.15. The van der Waals surface area contributed by atoms with Gasteiger partial charge in [-0.2, -0.15) is 0 Å². The lowest BCUT2D eigenvalue weighted by molar-refractivity contribution is -0.129. The van der Waals surface area contributed by atoms with Gasteiger partial charge in [0.15, 0.2) is 5.16 Å². The molecule has 1 aliphatic rings. The van der Waals surface area contributed by atoms with E-state index in [-0.39, 0.29) is 5.91 Å². The van der Waals surface area contributed by atoms with Gasteiger partial charge >= 0.3 is 0 Å². The van der Waals surface area contributed by atoms with Crippen molar-refractivity contribution in [2.45, 2.75) is 32.0 Å². The number of carbonyl (C=O) groups excluding carboxylic acids is 1. The highest BCUT2D eigenvalue weighted by atomic mass is 32.2. The summed E-state index contributed by atoms with van der Waals surface area (Å²) in [6.07, 6.45) is 0.958. The van der Waals surface area contributed by atoms with Crippen LogP contribution in [0.15, 0.2) is 22.7 Å². The zero-order valence-electron chi connectivity index (χ0n) is 13.5. The van der Waals surface area contributed by atoms with Crippen LogP contribution in [0.25, 0.3) is 5.78 Å². The predicted octanol–water partition coefficient (Wildman–Crippen LogP) is 2.48. The second kappa shape index (κ2) is 6.18. The monoisotopic (exact) mass is 359 g/mol. The number of amides is 1.